The molecule has 2 rings (SSSR count). The van der Waals surface area contributed by atoms with Crippen LogP contribution in [-0.4, -0.2) is 34.8 Å². The molecule has 132 valence electrons. The predicted molar refractivity (Wildman–Crippen MR) is 80.8 cm³/mol. The SMILES string of the molecule is CC1CCN(C(=O)C(=O)N[C@H](C)c2ccc(C(F)(F)F)nc2)CC1. The van der Waals surface area contributed by atoms with E-state index in [1.54, 1.807) is 6.92 Å². The number of hydrogen-bond acceptors (Lipinski definition) is 3. The lowest BCUT2D eigenvalue weighted by Gasteiger charge is -2.30. The Morgan fingerprint density at radius 2 is 1.92 bits per heavy atom. The van der Waals surface area contributed by atoms with Crippen LogP contribution < -0.4 is 5.32 Å². The number of likely N-dealkylation sites (tertiary alicyclic amines) is 1. The highest BCUT2D eigenvalue weighted by molar-refractivity contribution is 6.35. The standard InChI is InChI=1S/C16H20F3N3O2/c1-10-5-7-22(8-6-10)15(24)14(23)21-11(2)12-3-4-13(20-9-12)16(17,18)19/h3-4,9-11H,5-8H2,1-2H3,(H,21,23)/t11-/m1/s1. The van der Waals surface area contributed by atoms with Crippen molar-refractivity contribution in [1.29, 1.82) is 0 Å². The lowest BCUT2D eigenvalue weighted by molar-refractivity contribution is -0.147. The molecule has 0 bridgehead atoms. The second kappa shape index (κ2) is 7.19. The number of carbonyl (C=O) groups excluding carboxylic acids is 2. The molecule has 0 saturated carbocycles. The molecule has 1 N–H and O–H groups in total. The summed E-state index contributed by atoms with van der Waals surface area (Å²) < 4.78 is 37.5. The fraction of sp³-hybridized carbons (Fsp3) is 0.562. The number of pyridine rings is 1. The second-order valence-electron chi connectivity index (χ2n) is 6.14. The van der Waals surface area contributed by atoms with Gasteiger partial charge < -0.3 is 10.2 Å². The fourth-order valence-corrected chi connectivity index (χ4v) is 2.53. The van der Waals surface area contributed by atoms with E-state index in [1.165, 1.54) is 11.0 Å². The summed E-state index contributed by atoms with van der Waals surface area (Å²) in [5, 5.41) is 2.51. The summed E-state index contributed by atoms with van der Waals surface area (Å²) in [6, 6.07) is 1.49. The van der Waals surface area contributed by atoms with Gasteiger partial charge in [-0.1, -0.05) is 13.0 Å². The van der Waals surface area contributed by atoms with Gasteiger partial charge in [-0.05, 0) is 37.3 Å². The van der Waals surface area contributed by atoms with E-state index in [0.29, 0.717) is 24.6 Å². The Balaban J connectivity index is 1.94. The fourth-order valence-electron chi connectivity index (χ4n) is 2.53. The maximum absolute atomic E-state index is 12.5. The molecular formula is C16H20F3N3O2. The number of piperidine rings is 1. The van der Waals surface area contributed by atoms with Crippen LogP contribution in [0.15, 0.2) is 18.3 Å². The van der Waals surface area contributed by atoms with Crippen LogP contribution >= 0.6 is 0 Å². The minimum atomic E-state index is -4.51. The summed E-state index contributed by atoms with van der Waals surface area (Å²) in [7, 11) is 0. The molecule has 5 nitrogen and oxygen atoms in total. The van der Waals surface area contributed by atoms with Crippen LogP contribution in [0.1, 0.15) is 44.0 Å². The van der Waals surface area contributed by atoms with Gasteiger partial charge in [0.25, 0.3) is 0 Å². The van der Waals surface area contributed by atoms with Crippen molar-refractivity contribution in [3.8, 4) is 0 Å². The van der Waals surface area contributed by atoms with Gasteiger partial charge in [0.1, 0.15) is 5.69 Å². The number of nitrogens with zero attached hydrogens (tertiary/aromatic N) is 2. The minimum Gasteiger partial charge on any atom is -0.341 e. The van der Waals surface area contributed by atoms with Crippen LogP contribution in [-0.2, 0) is 15.8 Å². The van der Waals surface area contributed by atoms with E-state index in [1.807, 2.05) is 0 Å². The molecule has 0 radical (unpaired) electrons. The summed E-state index contributed by atoms with van der Waals surface area (Å²) in [6.45, 7) is 4.78. The molecule has 0 aliphatic carbocycles. The van der Waals surface area contributed by atoms with Gasteiger partial charge in [-0.2, -0.15) is 13.2 Å². The topological polar surface area (TPSA) is 62.3 Å². The summed E-state index contributed by atoms with van der Waals surface area (Å²) in [5.41, 5.74) is -0.597. The van der Waals surface area contributed by atoms with E-state index in [9.17, 15) is 22.8 Å². The smallest absolute Gasteiger partial charge is 0.341 e. The van der Waals surface area contributed by atoms with E-state index in [4.69, 9.17) is 0 Å². The van der Waals surface area contributed by atoms with E-state index in [0.717, 1.165) is 25.1 Å². The van der Waals surface area contributed by atoms with Crippen LogP contribution in [0, 0.1) is 5.92 Å². The molecule has 1 aromatic heterocycles. The Bertz CT molecular complexity index is 594. The second-order valence-corrected chi connectivity index (χ2v) is 6.14. The molecule has 1 fully saturated rings. The monoisotopic (exact) mass is 343 g/mol. The number of rotatable bonds is 2. The van der Waals surface area contributed by atoms with E-state index < -0.39 is 29.7 Å². The van der Waals surface area contributed by atoms with Crippen molar-refractivity contribution in [2.45, 2.75) is 38.9 Å². The average molecular weight is 343 g/mol. The molecule has 0 spiro atoms. The van der Waals surface area contributed by atoms with Crippen molar-refractivity contribution in [2.24, 2.45) is 5.92 Å². The molecule has 1 aromatic rings. The zero-order chi connectivity index (χ0) is 17.9. The average Bonchev–Trinajstić information content (AvgIpc) is 2.54. The van der Waals surface area contributed by atoms with Crippen molar-refractivity contribution in [3.63, 3.8) is 0 Å². The van der Waals surface area contributed by atoms with Gasteiger partial charge >= 0.3 is 18.0 Å². The van der Waals surface area contributed by atoms with Gasteiger partial charge in [0.05, 0.1) is 6.04 Å². The summed E-state index contributed by atoms with van der Waals surface area (Å²) >= 11 is 0. The molecule has 1 aliphatic heterocycles. The number of halogens is 3. The first-order valence-corrected chi connectivity index (χ1v) is 7.81. The van der Waals surface area contributed by atoms with E-state index in [2.05, 4.69) is 17.2 Å². The maximum Gasteiger partial charge on any atom is 0.433 e. The van der Waals surface area contributed by atoms with Gasteiger partial charge in [-0.3, -0.25) is 14.6 Å². The third-order valence-electron chi connectivity index (χ3n) is 4.19. The first kappa shape index (κ1) is 18.2. The molecule has 1 aliphatic rings. The van der Waals surface area contributed by atoms with Crippen molar-refractivity contribution in [3.05, 3.63) is 29.6 Å². The van der Waals surface area contributed by atoms with Crippen molar-refractivity contribution >= 4 is 11.8 Å². The molecule has 24 heavy (non-hydrogen) atoms. The molecule has 1 saturated heterocycles. The normalized spacial score (nSPS) is 17.5. The van der Waals surface area contributed by atoms with Gasteiger partial charge in [0, 0.05) is 19.3 Å². The minimum absolute atomic E-state index is 0.399. The molecule has 2 heterocycles. The highest BCUT2D eigenvalue weighted by Gasteiger charge is 2.32. The predicted octanol–water partition coefficient (Wildman–Crippen LogP) is 2.54. The number of aromatic nitrogens is 1. The first-order valence-electron chi connectivity index (χ1n) is 7.81. The van der Waals surface area contributed by atoms with Crippen molar-refractivity contribution in [2.75, 3.05) is 13.1 Å². The number of hydrogen-bond donors (Lipinski definition) is 1. The maximum atomic E-state index is 12.5. The zero-order valence-corrected chi connectivity index (χ0v) is 13.6. The van der Waals surface area contributed by atoms with Crippen LogP contribution in [0.25, 0.3) is 0 Å². The molecular weight excluding hydrogens is 323 g/mol. The first-order chi connectivity index (χ1) is 11.2. The van der Waals surface area contributed by atoms with Crippen molar-refractivity contribution < 1.29 is 22.8 Å². The van der Waals surface area contributed by atoms with Crippen LogP contribution in [0.5, 0.6) is 0 Å². The van der Waals surface area contributed by atoms with Gasteiger partial charge in [-0.25, -0.2) is 0 Å². The van der Waals surface area contributed by atoms with E-state index >= 15 is 0 Å². The summed E-state index contributed by atoms with van der Waals surface area (Å²) in [4.78, 5) is 29.0. The molecule has 0 aromatic carbocycles. The van der Waals surface area contributed by atoms with Gasteiger partial charge in [0.15, 0.2) is 0 Å². The zero-order valence-electron chi connectivity index (χ0n) is 13.6. The summed E-state index contributed by atoms with van der Waals surface area (Å²) in [6.07, 6.45) is -1.73. The van der Waals surface area contributed by atoms with Gasteiger partial charge in [0.2, 0.25) is 0 Å². The summed E-state index contributed by atoms with van der Waals surface area (Å²) in [5.74, 6) is -0.820. The van der Waals surface area contributed by atoms with E-state index in [-0.39, 0.29) is 0 Å². The highest BCUT2D eigenvalue weighted by Crippen LogP contribution is 2.27. The third-order valence-corrected chi connectivity index (χ3v) is 4.19. The van der Waals surface area contributed by atoms with Crippen LogP contribution in [0.3, 0.4) is 0 Å². The molecule has 1 atom stereocenters. The highest BCUT2D eigenvalue weighted by atomic mass is 19.4. The lowest BCUT2D eigenvalue weighted by Crippen LogP contribution is -2.46. The molecule has 2 amide bonds. The Morgan fingerprint density at radius 3 is 2.42 bits per heavy atom. The Hall–Kier alpha value is -2.12. The lowest BCUT2D eigenvalue weighted by atomic mass is 9.99. The third kappa shape index (κ3) is 4.46. The Morgan fingerprint density at radius 1 is 1.29 bits per heavy atom. The Labute approximate surface area is 138 Å². The van der Waals surface area contributed by atoms with Crippen molar-refractivity contribution in [1.82, 2.24) is 15.2 Å². The Kier molecular flexibility index (Phi) is 5.46. The van der Waals surface area contributed by atoms with Gasteiger partial charge in [-0.15, -0.1) is 0 Å². The number of alkyl halides is 3. The van der Waals surface area contributed by atoms with Crippen LogP contribution in [0.2, 0.25) is 0 Å². The largest absolute Gasteiger partial charge is 0.433 e. The molecule has 8 heteroatoms. The molecule has 0 unspecified atom stereocenters. The van der Waals surface area contributed by atoms with Crippen LogP contribution in [0.4, 0.5) is 13.2 Å². The quantitative estimate of drug-likeness (QED) is 0.840. The number of nitrogens with one attached hydrogen (secondary N) is 1. The number of amides is 2. The number of carbonyl (C=O) groups is 2.